The Kier molecular flexibility index (Phi) is 13.6. The molecule has 1 saturated carbocycles. The van der Waals surface area contributed by atoms with E-state index in [1.54, 1.807) is 0 Å². The smallest absolute Gasteiger partial charge is 0.121 e. The van der Waals surface area contributed by atoms with Gasteiger partial charge in [-0.15, -0.1) is 11.8 Å². The lowest BCUT2D eigenvalue weighted by Crippen LogP contribution is -2.08. The van der Waals surface area contributed by atoms with E-state index < -0.39 is 6.10 Å². The number of hydrogen-bond donors (Lipinski definition) is 1. The van der Waals surface area contributed by atoms with Crippen LogP contribution in [0, 0.1) is 5.92 Å². The molecule has 0 heterocycles. The maximum Gasteiger partial charge on any atom is 0.121 e. The third-order valence-corrected chi connectivity index (χ3v) is 6.05. The van der Waals surface area contributed by atoms with Crippen LogP contribution in [0.4, 0.5) is 0 Å². The highest BCUT2D eigenvalue weighted by Gasteiger charge is 2.14. The zero-order valence-corrected chi connectivity index (χ0v) is 19.8. The first-order chi connectivity index (χ1) is 14.2. The van der Waals surface area contributed by atoms with Crippen LogP contribution in [0.1, 0.15) is 84.0 Å². The second-order valence-electron chi connectivity index (χ2n) is 7.00. The fourth-order valence-electron chi connectivity index (χ4n) is 3.31. The Hall–Kier alpha value is -1.45. The van der Waals surface area contributed by atoms with Crippen molar-refractivity contribution in [2.45, 2.75) is 84.3 Å². The number of aliphatic hydroxyl groups is 1. The third-order valence-electron chi connectivity index (χ3n) is 4.84. The van der Waals surface area contributed by atoms with Gasteiger partial charge in [-0.2, -0.15) is 0 Å². The first-order valence-electron chi connectivity index (χ1n) is 11.3. The van der Waals surface area contributed by atoms with E-state index in [0.29, 0.717) is 6.61 Å². The van der Waals surface area contributed by atoms with Gasteiger partial charge in [-0.05, 0) is 55.0 Å². The molecule has 3 rings (SSSR count). The number of aliphatic hydroxyl groups excluding tert-OH is 1. The molecule has 0 aliphatic heterocycles. The molecule has 1 atom stereocenters. The molecular formula is C26H40O2S. The van der Waals surface area contributed by atoms with Crippen LogP contribution in [0.3, 0.4) is 0 Å². The number of ether oxygens (including phenoxy) is 1. The summed E-state index contributed by atoms with van der Waals surface area (Å²) in [6.45, 7) is 10.4. The Morgan fingerprint density at radius 2 is 1.62 bits per heavy atom. The molecule has 2 aromatic carbocycles. The van der Waals surface area contributed by atoms with Crippen LogP contribution in [0.5, 0.6) is 5.75 Å². The maximum atomic E-state index is 10.0. The first-order valence-corrected chi connectivity index (χ1v) is 12.3. The molecule has 2 nitrogen and oxygen atoms in total. The second-order valence-corrected chi connectivity index (χ2v) is 8.10. The van der Waals surface area contributed by atoms with Crippen LogP contribution in [0.15, 0.2) is 53.4 Å². The Labute approximate surface area is 183 Å². The molecule has 1 aliphatic rings. The van der Waals surface area contributed by atoms with Gasteiger partial charge in [0.1, 0.15) is 12.4 Å². The van der Waals surface area contributed by atoms with Gasteiger partial charge in [0.2, 0.25) is 0 Å². The Balaban J connectivity index is 0.000000989. The zero-order valence-electron chi connectivity index (χ0n) is 19.0. The molecule has 162 valence electrons. The van der Waals surface area contributed by atoms with Crippen LogP contribution in [-0.2, 0) is 6.61 Å². The molecule has 29 heavy (non-hydrogen) atoms. The van der Waals surface area contributed by atoms with E-state index in [-0.39, 0.29) is 0 Å². The van der Waals surface area contributed by atoms with Crippen molar-refractivity contribution in [3.05, 3.63) is 59.7 Å². The normalized spacial score (nSPS) is 14.7. The van der Waals surface area contributed by atoms with Gasteiger partial charge in [0, 0.05) is 10.6 Å². The summed E-state index contributed by atoms with van der Waals surface area (Å²) in [7, 11) is 0. The SMILES string of the molecule is CC.CC.CC(O)c1cc(OCc2ccccc2)cc(SCC2CCCCC2)c1. The van der Waals surface area contributed by atoms with Crippen molar-refractivity contribution in [3.8, 4) is 5.75 Å². The predicted molar refractivity (Wildman–Crippen MR) is 128 cm³/mol. The molecule has 0 spiro atoms. The van der Waals surface area contributed by atoms with Gasteiger partial charge in [0.05, 0.1) is 6.10 Å². The average molecular weight is 417 g/mol. The number of thioether (sulfide) groups is 1. The lowest BCUT2D eigenvalue weighted by Gasteiger charge is -2.21. The molecule has 0 saturated heterocycles. The molecule has 1 fully saturated rings. The second kappa shape index (κ2) is 15.4. The molecular weight excluding hydrogens is 376 g/mol. The van der Waals surface area contributed by atoms with Crippen molar-refractivity contribution in [3.63, 3.8) is 0 Å². The van der Waals surface area contributed by atoms with Crippen molar-refractivity contribution in [1.82, 2.24) is 0 Å². The lowest BCUT2D eigenvalue weighted by atomic mass is 9.91. The summed E-state index contributed by atoms with van der Waals surface area (Å²) in [6, 6.07) is 16.4. The zero-order chi connectivity index (χ0) is 21.5. The van der Waals surface area contributed by atoms with Crippen LogP contribution < -0.4 is 4.74 Å². The Morgan fingerprint density at radius 3 is 2.24 bits per heavy atom. The predicted octanol–water partition coefficient (Wildman–Crippen LogP) is 8.04. The van der Waals surface area contributed by atoms with Gasteiger partial charge in [0.25, 0.3) is 0 Å². The third kappa shape index (κ3) is 9.73. The molecule has 1 aliphatic carbocycles. The quantitative estimate of drug-likeness (QED) is 0.463. The number of benzene rings is 2. The van der Waals surface area contributed by atoms with Gasteiger partial charge in [-0.3, -0.25) is 0 Å². The minimum absolute atomic E-state index is 0.477. The Morgan fingerprint density at radius 1 is 0.966 bits per heavy atom. The summed E-state index contributed by atoms with van der Waals surface area (Å²) < 4.78 is 5.99. The minimum atomic E-state index is -0.477. The van der Waals surface area contributed by atoms with Crippen molar-refractivity contribution in [1.29, 1.82) is 0 Å². The molecule has 0 aromatic heterocycles. The highest BCUT2D eigenvalue weighted by atomic mass is 32.2. The van der Waals surface area contributed by atoms with Crippen molar-refractivity contribution < 1.29 is 9.84 Å². The van der Waals surface area contributed by atoms with Crippen molar-refractivity contribution in [2.24, 2.45) is 5.92 Å². The minimum Gasteiger partial charge on any atom is -0.489 e. The van der Waals surface area contributed by atoms with Crippen LogP contribution in [0.25, 0.3) is 0 Å². The van der Waals surface area contributed by atoms with Gasteiger partial charge in [-0.25, -0.2) is 0 Å². The molecule has 1 N–H and O–H groups in total. The molecule has 1 unspecified atom stereocenters. The van der Waals surface area contributed by atoms with E-state index in [1.807, 2.05) is 70.6 Å². The maximum absolute atomic E-state index is 10.0. The van der Waals surface area contributed by atoms with E-state index in [0.717, 1.165) is 22.8 Å². The lowest BCUT2D eigenvalue weighted by molar-refractivity contribution is 0.198. The summed E-state index contributed by atoms with van der Waals surface area (Å²) in [5.41, 5.74) is 2.08. The van der Waals surface area contributed by atoms with Gasteiger partial charge < -0.3 is 9.84 Å². The molecule has 0 radical (unpaired) electrons. The van der Waals surface area contributed by atoms with Crippen molar-refractivity contribution in [2.75, 3.05) is 5.75 Å². The van der Waals surface area contributed by atoms with E-state index in [1.165, 1.54) is 42.8 Å². The molecule has 2 aromatic rings. The van der Waals surface area contributed by atoms with Crippen LogP contribution >= 0.6 is 11.8 Å². The Bertz CT molecular complexity index is 649. The molecule has 3 heteroatoms. The fourth-order valence-corrected chi connectivity index (χ4v) is 4.49. The largest absolute Gasteiger partial charge is 0.489 e. The highest BCUT2D eigenvalue weighted by molar-refractivity contribution is 7.99. The first kappa shape index (κ1) is 25.6. The van der Waals surface area contributed by atoms with Crippen LogP contribution in [-0.4, -0.2) is 10.9 Å². The average Bonchev–Trinajstić information content (AvgIpc) is 2.80. The molecule has 0 amide bonds. The highest BCUT2D eigenvalue weighted by Crippen LogP contribution is 2.33. The van der Waals surface area contributed by atoms with Gasteiger partial charge >= 0.3 is 0 Å². The number of hydrogen-bond acceptors (Lipinski definition) is 3. The summed E-state index contributed by atoms with van der Waals surface area (Å²) in [5, 5.41) is 10.0. The van der Waals surface area contributed by atoms with Gasteiger partial charge in [0.15, 0.2) is 0 Å². The number of rotatable bonds is 7. The topological polar surface area (TPSA) is 29.5 Å². The summed E-state index contributed by atoms with van der Waals surface area (Å²) in [5.74, 6) is 2.84. The standard InChI is InChI=1S/C22H28O2S.2C2H6/c1-17(23)20-12-21(24-15-18-8-4-2-5-9-18)14-22(13-20)25-16-19-10-6-3-7-11-19;2*1-2/h2,4-5,8-9,12-14,17,19,23H,3,6-7,10-11,15-16H2,1H3;2*1-2H3. The monoisotopic (exact) mass is 416 g/mol. The van der Waals surface area contributed by atoms with E-state index in [9.17, 15) is 5.11 Å². The van der Waals surface area contributed by atoms with E-state index in [4.69, 9.17) is 4.74 Å². The summed E-state index contributed by atoms with van der Waals surface area (Å²) >= 11 is 1.90. The summed E-state index contributed by atoms with van der Waals surface area (Å²) in [6.07, 6.45) is 6.40. The molecule has 0 bridgehead atoms. The summed E-state index contributed by atoms with van der Waals surface area (Å²) in [4.78, 5) is 1.20. The fraction of sp³-hybridized carbons (Fsp3) is 0.538. The van der Waals surface area contributed by atoms with Gasteiger partial charge in [-0.1, -0.05) is 77.3 Å². The van der Waals surface area contributed by atoms with Crippen LogP contribution in [0.2, 0.25) is 0 Å². The van der Waals surface area contributed by atoms with E-state index in [2.05, 4.69) is 24.3 Å². The van der Waals surface area contributed by atoms with E-state index >= 15 is 0 Å². The van der Waals surface area contributed by atoms with Crippen molar-refractivity contribution >= 4 is 11.8 Å².